The molecule has 2 rings (SSSR count). The fourth-order valence-electron chi connectivity index (χ4n) is 2.00. The van der Waals surface area contributed by atoms with Crippen LogP contribution in [0.5, 0.6) is 0 Å². The lowest BCUT2D eigenvalue weighted by atomic mass is 9.92. The highest BCUT2D eigenvalue weighted by molar-refractivity contribution is 7.91. The van der Waals surface area contributed by atoms with Crippen LogP contribution in [-0.2, 0) is 9.84 Å². The van der Waals surface area contributed by atoms with Crippen LogP contribution in [0.1, 0.15) is 0 Å². The van der Waals surface area contributed by atoms with E-state index in [2.05, 4.69) is 5.32 Å². The van der Waals surface area contributed by atoms with E-state index in [0.29, 0.717) is 6.54 Å². The summed E-state index contributed by atoms with van der Waals surface area (Å²) in [6, 6.07) is 0. The molecular formula is C6H12N2O2S. The first-order valence-electron chi connectivity index (χ1n) is 3.72. The molecular weight excluding hydrogens is 164 g/mol. The van der Waals surface area contributed by atoms with Crippen molar-refractivity contribution >= 4 is 9.84 Å². The third kappa shape index (κ3) is 1.07. The zero-order valence-corrected chi connectivity index (χ0v) is 7.02. The maximum absolute atomic E-state index is 11.1. The zero-order valence-electron chi connectivity index (χ0n) is 6.21. The van der Waals surface area contributed by atoms with Gasteiger partial charge in [0.15, 0.2) is 9.84 Å². The van der Waals surface area contributed by atoms with E-state index in [0.717, 1.165) is 6.54 Å². The predicted molar refractivity (Wildman–Crippen MR) is 41.9 cm³/mol. The van der Waals surface area contributed by atoms with E-state index in [1.807, 2.05) is 0 Å². The molecule has 3 N–H and O–H groups in total. The molecule has 4 nitrogen and oxygen atoms in total. The highest BCUT2D eigenvalue weighted by Gasteiger charge is 2.50. The topological polar surface area (TPSA) is 72.2 Å². The van der Waals surface area contributed by atoms with E-state index < -0.39 is 15.4 Å². The molecule has 0 aromatic carbocycles. The van der Waals surface area contributed by atoms with E-state index >= 15 is 0 Å². The van der Waals surface area contributed by atoms with Crippen LogP contribution < -0.4 is 11.1 Å². The average molecular weight is 176 g/mol. The first-order valence-corrected chi connectivity index (χ1v) is 5.54. The summed E-state index contributed by atoms with van der Waals surface area (Å²) in [5.41, 5.74) is 5.44. The molecule has 2 unspecified atom stereocenters. The standard InChI is InChI=1S/C6H12N2O2S/c7-6-3-8-1-5(6)2-11(9,10)4-6/h5,8H,1-4,7H2. The van der Waals surface area contributed by atoms with Crippen molar-refractivity contribution in [3.63, 3.8) is 0 Å². The van der Waals surface area contributed by atoms with Gasteiger partial charge in [0.25, 0.3) is 0 Å². The Bertz CT molecular complexity index is 274. The summed E-state index contributed by atoms with van der Waals surface area (Å²) < 4.78 is 22.3. The lowest BCUT2D eigenvalue weighted by Gasteiger charge is -2.19. The van der Waals surface area contributed by atoms with E-state index in [1.165, 1.54) is 0 Å². The zero-order chi connectivity index (χ0) is 8.11. The summed E-state index contributed by atoms with van der Waals surface area (Å²) in [6.45, 7) is 1.41. The molecule has 0 aromatic rings. The van der Waals surface area contributed by atoms with Crippen molar-refractivity contribution in [1.82, 2.24) is 5.32 Å². The van der Waals surface area contributed by atoms with Gasteiger partial charge in [-0.1, -0.05) is 0 Å². The number of rotatable bonds is 0. The Labute approximate surface area is 66.1 Å². The van der Waals surface area contributed by atoms with E-state index in [1.54, 1.807) is 0 Å². The minimum Gasteiger partial charge on any atom is -0.323 e. The Kier molecular flexibility index (Phi) is 1.34. The SMILES string of the molecule is NC12CNCC1CS(=O)(=O)C2. The molecule has 2 aliphatic rings. The average Bonchev–Trinajstić information content (AvgIpc) is 2.16. The van der Waals surface area contributed by atoms with Gasteiger partial charge in [-0.15, -0.1) is 0 Å². The second-order valence-electron chi connectivity index (χ2n) is 3.62. The summed E-state index contributed by atoms with van der Waals surface area (Å²) in [5, 5.41) is 3.11. The highest BCUT2D eigenvalue weighted by Crippen LogP contribution is 2.29. The molecule has 0 spiro atoms. The van der Waals surface area contributed by atoms with Gasteiger partial charge in [-0.05, 0) is 0 Å². The van der Waals surface area contributed by atoms with Crippen molar-refractivity contribution in [3.8, 4) is 0 Å². The molecule has 0 saturated carbocycles. The normalized spacial score (nSPS) is 47.5. The Hall–Kier alpha value is -0.130. The summed E-state index contributed by atoms with van der Waals surface area (Å²) >= 11 is 0. The van der Waals surface area contributed by atoms with Crippen LogP contribution in [-0.4, -0.2) is 38.6 Å². The minimum absolute atomic E-state index is 0.146. The molecule has 2 atom stereocenters. The lowest BCUT2D eigenvalue weighted by Crippen LogP contribution is -2.47. The number of sulfone groups is 1. The fraction of sp³-hybridized carbons (Fsp3) is 1.00. The summed E-state index contributed by atoms with van der Waals surface area (Å²) in [7, 11) is -2.83. The largest absolute Gasteiger partial charge is 0.323 e. The smallest absolute Gasteiger partial charge is 0.152 e. The number of hydrogen-bond donors (Lipinski definition) is 2. The van der Waals surface area contributed by atoms with E-state index in [4.69, 9.17) is 5.73 Å². The molecule has 11 heavy (non-hydrogen) atoms. The Morgan fingerprint density at radius 3 is 2.91 bits per heavy atom. The second-order valence-corrected chi connectivity index (χ2v) is 5.72. The van der Waals surface area contributed by atoms with E-state index in [-0.39, 0.29) is 17.4 Å². The summed E-state index contributed by atoms with van der Waals surface area (Å²) in [4.78, 5) is 0. The van der Waals surface area contributed by atoms with Gasteiger partial charge in [-0.2, -0.15) is 0 Å². The summed E-state index contributed by atoms with van der Waals surface area (Å²) in [6.07, 6.45) is 0. The molecule has 2 heterocycles. The van der Waals surface area contributed by atoms with Gasteiger partial charge in [-0.25, -0.2) is 8.42 Å². The number of nitrogens with two attached hydrogens (primary N) is 1. The van der Waals surface area contributed by atoms with Crippen LogP contribution in [0, 0.1) is 5.92 Å². The number of nitrogens with one attached hydrogen (secondary N) is 1. The molecule has 2 saturated heterocycles. The van der Waals surface area contributed by atoms with Crippen molar-refractivity contribution in [2.75, 3.05) is 24.6 Å². The predicted octanol–water partition coefficient (Wildman–Crippen LogP) is -1.67. The molecule has 0 aromatic heterocycles. The molecule has 2 aliphatic heterocycles. The van der Waals surface area contributed by atoms with Crippen LogP contribution >= 0.6 is 0 Å². The molecule has 0 radical (unpaired) electrons. The van der Waals surface area contributed by atoms with Gasteiger partial charge in [0.05, 0.1) is 11.5 Å². The molecule has 64 valence electrons. The monoisotopic (exact) mass is 176 g/mol. The van der Waals surface area contributed by atoms with Gasteiger partial charge < -0.3 is 11.1 Å². The van der Waals surface area contributed by atoms with Crippen molar-refractivity contribution in [1.29, 1.82) is 0 Å². The molecule has 0 amide bonds. The van der Waals surface area contributed by atoms with Gasteiger partial charge in [0.1, 0.15) is 0 Å². The third-order valence-electron chi connectivity index (χ3n) is 2.60. The summed E-state index contributed by atoms with van der Waals surface area (Å²) in [5.74, 6) is 0.584. The Morgan fingerprint density at radius 2 is 2.27 bits per heavy atom. The molecule has 0 aliphatic carbocycles. The number of fused-ring (bicyclic) bond motifs is 1. The molecule has 2 fully saturated rings. The van der Waals surface area contributed by atoms with Crippen LogP contribution in [0.25, 0.3) is 0 Å². The van der Waals surface area contributed by atoms with Crippen LogP contribution in [0.2, 0.25) is 0 Å². The quantitative estimate of drug-likeness (QED) is 0.463. The first kappa shape index (κ1) is 7.52. The minimum atomic E-state index is -2.83. The number of hydrogen-bond acceptors (Lipinski definition) is 4. The van der Waals surface area contributed by atoms with Crippen molar-refractivity contribution in [3.05, 3.63) is 0 Å². The van der Waals surface area contributed by atoms with Crippen LogP contribution in [0.15, 0.2) is 0 Å². The van der Waals surface area contributed by atoms with Crippen LogP contribution in [0.3, 0.4) is 0 Å². The highest BCUT2D eigenvalue weighted by atomic mass is 32.2. The van der Waals surface area contributed by atoms with Gasteiger partial charge >= 0.3 is 0 Å². The maximum atomic E-state index is 11.1. The Morgan fingerprint density at radius 1 is 1.55 bits per heavy atom. The third-order valence-corrected chi connectivity index (χ3v) is 4.49. The maximum Gasteiger partial charge on any atom is 0.152 e. The van der Waals surface area contributed by atoms with Gasteiger partial charge in [0, 0.05) is 24.5 Å². The van der Waals surface area contributed by atoms with E-state index in [9.17, 15) is 8.42 Å². The van der Waals surface area contributed by atoms with Crippen molar-refractivity contribution < 1.29 is 8.42 Å². The second kappa shape index (κ2) is 1.97. The molecule has 5 heteroatoms. The fourth-order valence-corrected chi connectivity index (χ4v) is 4.33. The Balaban J connectivity index is 2.33. The van der Waals surface area contributed by atoms with Crippen LogP contribution in [0.4, 0.5) is 0 Å². The molecule has 0 bridgehead atoms. The van der Waals surface area contributed by atoms with Crippen molar-refractivity contribution in [2.45, 2.75) is 5.54 Å². The van der Waals surface area contributed by atoms with Gasteiger partial charge in [-0.3, -0.25) is 0 Å². The lowest BCUT2D eigenvalue weighted by molar-refractivity contribution is 0.436. The van der Waals surface area contributed by atoms with Gasteiger partial charge in [0.2, 0.25) is 0 Å². The van der Waals surface area contributed by atoms with Crippen molar-refractivity contribution in [2.24, 2.45) is 11.7 Å². The first-order chi connectivity index (χ1) is 5.02.